The molecular formula is C20H33FIN3O2. The summed E-state index contributed by atoms with van der Waals surface area (Å²) in [5.74, 6) is 0.302. The number of nitrogens with zero attached hydrogens (tertiary/aromatic N) is 1. The lowest BCUT2D eigenvalue weighted by Crippen LogP contribution is -2.37. The van der Waals surface area contributed by atoms with Crippen molar-refractivity contribution in [2.75, 3.05) is 13.6 Å². The van der Waals surface area contributed by atoms with Gasteiger partial charge in [0, 0.05) is 32.1 Å². The van der Waals surface area contributed by atoms with Gasteiger partial charge in [-0.15, -0.1) is 24.0 Å². The molecule has 0 aliphatic heterocycles. The number of esters is 1. The summed E-state index contributed by atoms with van der Waals surface area (Å²) in [5.41, 5.74) is 0.199. The maximum atomic E-state index is 13.6. The van der Waals surface area contributed by atoms with Gasteiger partial charge in [-0.1, -0.05) is 31.0 Å². The van der Waals surface area contributed by atoms with Gasteiger partial charge in [0.2, 0.25) is 0 Å². The number of hydrogen-bond donors (Lipinski definition) is 2. The molecule has 0 aliphatic carbocycles. The molecule has 0 atom stereocenters. The number of ether oxygens (including phenoxy) is 1. The highest BCUT2D eigenvalue weighted by Gasteiger charge is 2.15. The topological polar surface area (TPSA) is 62.7 Å². The third-order valence-corrected chi connectivity index (χ3v) is 3.65. The van der Waals surface area contributed by atoms with Crippen molar-refractivity contribution in [3.8, 4) is 0 Å². The maximum absolute atomic E-state index is 13.6. The van der Waals surface area contributed by atoms with Gasteiger partial charge in [-0.25, -0.2) is 4.39 Å². The number of hydrogen-bond acceptors (Lipinski definition) is 3. The molecule has 0 radical (unpaired) electrons. The van der Waals surface area contributed by atoms with E-state index in [1.165, 1.54) is 6.07 Å². The van der Waals surface area contributed by atoms with Gasteiger partial charge in [0.05, 0.1) is 0 Å². The van der Waals surface area contributed by atoms with E-state index in [0.29, 0.717) is 24.5 Å². The second-order valence-corrected chi connectivity index (χ2v) is 7.19. The van der Waals surface area contributed by atoms with Crippen LogP contribution in [0.1, 0.15) is 58.4 Å². The van der Waals surface area contributed by atoms with E-state index in [-0.39, 0.29) is 35.8 Å². The Morgan fingerprint density at radius 1 is 1.11 bits per heavy atom. The third kappa shape index (κ3) is 12.6. The van der Waals surface area contributed by atoms with E-state index in [2.05, 4.69) is 15.6 Å². The first-order chi connectivity index (χ1) is 12.3. The molecule has 2 N–H and O–H groups in total. The summed E-state index contributed by atoms with van der Waals surface area (Å²) in [4.78, 5) is 15.7. The van der Waals surface area contributed by atoms with Crippen molar-refractivity contribution in [2.45, 2.75) is 65.0 Å². The molecule has 5 nitrogen and oxygen atoms in total. The predicted molar refractivity (Wildman–Crippen MR) is 119 cm³/mol. The van der Waals surface area contributed by atoms with Gasteiger partial charge in [0.25, 0.3) is 0 Å². The van der Waals surface area contributed by atoms with Crippen LogP contribution in [-0.4, -0.2) is 31.1 Å². The predicted octanol–water partition coefficient (Wildman–Crippen LogP) is 4.40. The van der Waals surface area contributed by atoms with Crippen LogP contribution in [0.4, 0.5) is 4.39 Å². The number of nitrogens with one attached hydrogen (secondary N) is 2. The number of unbranched alkanes of at least 4 members (excludes halogenated alkanes) is 3. The van der Waals surface area contributed by atoms with Gasteiger partial charge in [0.15, 0.2) is 5.96 Å². The number of halogens is 2. The van der Waals surface area contributed by atoms with E-state index in [9.17, 15) is 9.18 Å². The second-order valence-electron chi connectivity index (χ2n) is 7.19. The standard InChI is InChI=1S/C20H32FN3O2.HI/c1-20(2,3)26-18(25)13-7-5-6-10-14-23-19(22-4)24-15-16-11-8-9-12-17(16)21;/h8-9,11-12H,5-7,10,13-15H2,1-4H3,(H2,22,23,24);1H. The van der Waals surface area contributed by atoms with Crippen LogP contribution >= 0.6 is 24.0 Å². The normalized spacial score (nSPS) is 11.5. The van der Waals surface area contributed by atoms with Crippen LogP contribution in [0.5, 0.6) is 0 Å². The first kappa shape index (κ1) is 25.6. The lowest BCUT2D eigenvalue weighted by atomic mass is 10.1. The molecule has 154 valence electrons. The van der Waals surface area contributed by atoms with E-state index >= 15 is 0 Å². The largest absolute Gasteiger partial charge is 0.460 e. The van der Waals surface area contributed by atoms with Crippen molar-refractivity contribution in [2.24, 2.45) is 4.99 Å². The zero-order chi connectivity index (χ0) is 19.4. The summed E-state index contributed by atoms with van der Waals surface area (Å²) < 4.78 is 18.9. The summed E-state index contributed by atoms with van der Waals surface area (Å²) in [6.07, 6.45) is 4.31. The fourth-order valence-electron chi connectivity index (χ4n) is 2.39. The number of guanidine groups is 1. The monoisotopic (exact) mass is 493 g/mol. The molecule has 0 aliphatic rings. The molecule has 0 bridgehead atoms. The lowest BCUT2D eigenvalue weighted by Gasteiger charge is -2.19. The summed E-state index contributed by atoms with van der Waals surface area (Å²) in [6.45, 7) is 6.81. The molecule has 7 heteroatoms. The minimum Gasteiger partial charge on any atom is -0.460 e. The SMILES string of the molecule is CN=C(NCCCCCCC(=O)OC(C)(C)C)NCc1ccccc1F.I. The lowest BCUT2D eigenvalue weighted by molar-refractivity contribution is -0.154. The quantitative estimate of drug-likeness (QED) is 0.176. The number of carbonyl (C=O) groups excluding carboxylic acids is 1. The van der Waals surface area contributed by atoms with E-state index in [1.807, 2.05) is 26.8 Å². The molecule has 1 rings (SSSR count). The molecule has 0 heterocycles. The molecular weight excluding hydrogens is 460 g/mol. The maximum Gasteiger partial charge on any atom is 0.306 e. The molecule has 1 aromatic rings. The van der Waals surface area contributed by atoms with Gasteiger partial charge < -0.3 is 15.4 Å². The molecule has 0 saturated carbocycles. The first-order valence-corrected chi connectivity index (χ1v) is 9.21. The van der Waals surface area contributed by atoms with E-state index in [0.717, 1.165) is 32.2 Å². The number of benzene rings is 1. The Morgan fingerprint density at radius 3 is 2.41 bits per heavy atom. The molecule has 0 aromatic heterocycles. The molecule has 0 unspecified atom stereocenters. The van der Waals surface area contributed by atoms with Crippen LogP contribution in [0.2, 0.25) is 0 Å². The molecule has 0 spiro atoms. The first-order valence-electron chi connectivity index (χ1n) is 9.21. The summed E-state index contributed by atoms with van der Waals surface area (Å²) >= 11 is 0. The highest BCUT2D eigenvalue weighted by Crippen LogP contribution is 2.11. The Morgan fingerprint density at radius 2 is 1.78 bits per heavy atom. The molecule has 0 amide bonds. The Balaban J connectivity index is 0.00000676. The van der Waals surface area contributed by atoms with Crippen LogP contribution < -0.4 is 10.6 Å². The van der Waals surface area contributed by atoms with Gasteiger partial charge in [-0.2, -0.15) is 0 Å². The van der Waals surface area contributed by atoms with Gasteiger partial charge in [0.1, 0.15) is 11.4 Å². The summed E-state index contributed by atoms with van der Waals surface area (Å²) in [5, 5.41) is 6.32. The van der Waals surface area contributed by atoms with E-state index < -0.39 is 5.60 Å². The van der Waals surface area contributed by atoms with Crippen LogP contribution in [0.25, 0.3) is 0 Å². The molecule has 0 saturated heterocycles. The Bertz CT molecular complexity index is 589. The van der Waals surface area contributed by atoms with Crippen LogP contribution in [-0.2, 0) is 16.1 Å². The molecule has 0 fully saturated rings. The van der Waals surface area contributed by atoms with Crippen molar-refractivity contribution in [1.29, 1.82) is 0 Å². The summed E-state index contributed by atoms with van der Waals surface area (Å²) in [7, 11) is 1.69. The van der Waals surface area contributed by atoms with Crippen LogP contribution in [0.3, 0.4) is 0 Å². The fraction of sp³-hybridized carbons (Fsp3) is 0.600. The van der Waals surface area contributed by atoms with Crippen molar-refractivity contribution in [3.63, 3.8) is 0 Å². The zero-order valence-corrected chi connectivity index (χ0v) is 19.1. The average molecular weight is 493 g/mol. The Hall–Kier alpha value is -1.38. The number of rotatable bonds is 9. The van der Waals surface area contributed by atoms with Crippen LogP contribution in [0.15, 0.2) is 29.3 Å². The highest BCUT2D eigenvalue weighted by molar-refractivity contribution is 14.0. The third-order valence-electron chi connectivity index (χ3n) is 3.65. The van der Waals surface area contributed by atoms with Gasteiger partial charge in [-0.05, 0) is 39.7 Å². The zero-order valence-electron chi connectivity index (χ0n) is 16.8. The Kier molecular flexibility index (Phi) is 13.0. The highest BCUT2D eigenvalue weighted by atomic mass is 127. The smallest absolute Gasteiger partial charge is 0.306 e. The fourth-order valence-corrected chi connectivity index (χ4v) is 2.39. The van der Waals surface area contributed by atoms with Crippen molar-refractivity contribution in [3.05, 3.63) is 35.6 Å². The average Bonchev–Trinajstić information content (AvgIpc) is 2.56. The van der Waals surface area contributed by atoms with Crippen molar-refractivity contribution in [1.82, 2.24) is 10.6 Å². The van der Waals surface area contributed by atoms with Crippen LogP contribution in [0, 0.1) is 5.82 Å². The molecule has 27 heavy (non-hydrogen) atoms. The minimum absolute atomic E-state index is 0. The molecule has 1 aromatic carbocycles. The van der Waals surface area contributed by atoms with Gasteiger partial charge in [-0.3, -0.25) is 9.79 Å². The minimum atomic E-state index is -0.410. The summed E-state index contributed by atoms with van der Waals surface area (Å²) in [6, 6.07) is 6.69. The number of aliphatic imine (C=N–C) groups is 1. The van der Waals surface area contributed by atoms with E-state index in [1.54, 1.807) is 19.2 Å². The van der Waals surface area contributed by atoms with Gasteiger partial charge >= 0.3 is 5.97 Å². The van der Waals surface area contributed by atoms with E-state index in [4.69, 9.17) is 4.74 Å². The van der Waals surface area contributed by atoms with Crippen molar-refractivity contribution < 1.29 is 13.9 Å². The van der Waals surface area contributed by atoms with Crippen molar-refractivity contribution >= 4 is 35.9 Å². The Labute approximate surface area is 179 Å². The number of carbonyl (C=O) groups is 1. The second kappa shape index (κ2) is 13.7.